The zero-order chi connectivity index (χ0) is 23.1. The summed E-state index contributed by atoms with van der Waals surface area (Å²) in [5.74, 6) is 0. The van der Waals surface area contributed by atoms with Gasteiger partial charge in [0.05, 0.1) is 5.52 Å². The van der Waals surface area contributed by atoms with Crippen LogP contribution >= 0.6 is 22.9 Å². The Morgan fingerprint density at radius 3 is 2.42 bits per heavy atom. The first-order valence-electron chi connectivity index (χ1n) is 11.3. The zero-order valence-electron chi connectivity index (χ0n) is 18.5. The molecule has 0 unspecified atom stereocenters. The molecule has 10 heteroatoms. The molecule has 3 heterocycles. The summed E-state index contributed by atoms with van der Waals surface area (Å²) >= 11 is 7.32. The van der Waals surface area contributed by atoms with Crippen molar-refractivity contribution < 1.29 is 8.42 Å². The summed E-state index contributed by atoms with van der Waals surface area (Å²) in [6, 6.07) is 11.2. The number of sulfonamides is 1. The molecule has 3 aromatic rings. The lowest BCUT2D eigenvalue weighted by molar-refractivity contribution is 0.131. The molecule has 1 fully saturated rings. The number of nitrogens with zero attached hydrogens (tertiary/aromatic N) is 3. The predicted molar refractivity (Wildman–Crippen MR) is 137 cm³/mol. The normalized spacial score (nSPS) is 15.8. The number of nitrogens with one attached hydrogen (secondary N) is 2. The van der Waals surface area contributed by atoms with Crippen molar-refractivity contribution in [3.63, 3.8) is 0 Å². The molecule has 2 aromatic heterocycles. The Morgan fingerprint density at radius 2 is 1.73 bits per heavy atom. The van der Waals surface area contributed by atoms with Crippen LogP contribution in [0.25, 0.3) is 10.9 Å². The van der Waals surface area contributed by atoms with E-state index in [9.17, 15) is 8.42 Å². The third-order valence-corrected chi connectivity index (χ3v) is 8.93. The maximum absolute atomic E-state index is 12.1. The molecule has 0 bridgehead atoms. The molecule has 1 aliphatic rings. The summed E-state index contributed by atoms with van der Waals surface area (Å²) in [4.78, 5) is 9.31. The van der Waals surface area contributed by atoms with Crippen molar-refractivity contribution in [3.05, 3.63) is 53.0 Å². The van der Waals surface area contributed by atoms with Gasteiger partial charge in [0.25, 0.3) is 0 Å². The van der Waals surface area contributed by atoms with Gasteiger partial charge in [0.15, 0.2) is 0 Å². The average molecular weight is 508 g/mol. The number of benzene rings is 1. The van der Waals surface area contributed by atoms with Crippen molar-refractivity contribution >= 4 is 49.6 Å². The summed E-state index contributed by atoms with van der Waals surface area (Å²) in [5.41, 5.74) is 2.00. The van der Waals surface area contributed by atoms with Crippen LogP contribution in [0.1, 0.15) is 12.8 Å². The van der Waals surface area contributed by atoms with E-state index in [-0.39, 0.29) is 0 Å². The number of halogens is 1. The van der Waals surface area contributed by atoms with Crippen LogP contribution in [-0.4, -0.2) is 75.6 Å². The Morgan fingerprint density at radius 1 is 1.00 bits per heavy atom. The van der Waals surface area contributed by atoms with Gasteiger partial charge >= 0.3 is 0 Å². The molecule has 0 atom stereocenters. The first kappa shape index (κ1) is 24.4. The number of aromatic nitrogens is 1. The summed E-state index contributed by atoms with van der Waals surface area (Å²) in [6.07, 6.45) is 3.70. The third kappa shape index (κ3) is 6.88. The van der Waals surface area contributed by atoms with E-state index < -0.39 is 10.0 Å². The van der Waals surface area contributed by atoms with Crippen molar-refractivity contribution in [2.75, 3.05) is 57.7 Å². The molecule has 0 amide bonds. The molecule has 0 saturated carbocycles. The molecule has 1 aromatic carbocycles. The van der Waals surface area contributed by atoms with Crippen LogP contribution in [-0.2, 0) is 10.0 Å². The minimum Gasteiger partial charge on any atom is -0.384 e. The lowest BCUT2D eigenvalue weighted by Crippen LogP contribution is -2.47. The topological polar surface area (TPSA) is 77.6 Å². The SMILES string of the molecule is O=S(=O)(NCCCN1CCN(CCCNc2ccnc3cc(Cl)ccc23)CC1)c1cccs1. The number of hydrogen-bond acceptors (Lipinski definition) is 7. The minimum atomic E-state index is -3.35. The lowest BCUT2D eigenvalue weighted by atomic mass is 10.2. The lowest BCUT2D eigenvalue weighted by Gasteiger charge is -2.34. The van der Waals surface area contributed by atoms with Gasteiger partial charge in [-0.05, 0) is 61.6 Å². The molecule has 7 nitrogen and oxygen atoms in total. The summed E-state index contributed by atoms with van der Waals surface area (Å²) < 4.78 is 27.4. The number of hydrogen-bond donors (Lipinski definition) is 2. The van der Waals surface area contributed by atoms with Crippen LogP contribution in [0, 0.1) is 0 Å². The van der Waals surface area contributed by atoms with Crippen molar-refractivity contribution in [2.45, 2.75) is 17.1 Å². The van der Waals surface area contributed by atoms with E-state index in [0.29, 0.717) is 15.8 Å². The quantitative estimate of drug-likeness (QED) is 0.385. The van der Waals surface area contributed by atoms with E-state index >= 15 is 0 Å². The highest BCUT2D eigenvalue weighted by Crippen LogP contribution is 2.24. The highest BCUT2D eigenvalue weighted by molar-refractivity contribution is 7.91. The van der Waals surface area contributed by atoms with Crippen molar-refractivity contribution in [2.24, 2.45) is 0 Å². The van der Waals surface area contributed by atoms with E-state index in [2.05, 4.69) is 24.8 Å². The molecule has 1 saturated heterocycles. The standard InChI is InChI=1S/C23H30ClN5O2S2/c24-19-5-6-20-21(7-10-26-22(20)18-19)25-8-2-11-28-13-15-29(16-14-28)12-3-9-27-33(30,31)23-4-1-17-32-23/h1,4-7,10,17-18,27H,2-3,8-9,11-16H2,(H,25,26). The Bertz CT molecular complexity index is 1130. The molecule has 1 aliphatic heterocycles. The van der Waals surface area contributed by atoms with Gasteiger partial charge in [-0.1, -0.05) is 17.7 Å². The Balaban J connectivity index is 1.10. The Labute approximate surface area is 204 Å². The maximum atomic E-state index is 12.1. The number of thiophene rings is 1. The van der Waals surface area contributed by atoms with E-state index in [1.54, 1.807) is 17.5 Å². The molecule has 0 spiro atoms. The number of piperazine rings is 1. The monoisotopic (exact) mass is 507 g/mol. The van der Waals surface area contributed by atoms with Gasteiger partial charge in [0.1, 0.15) is 4.21 Å². The van der Waals surface area contributed by atoms with Gasteiger partial charge in [-0.3, -0.25) is 4.98 Å². The molecule has 2 N–H and O–H groups in total. The fraction of sp³-hybridized carbons (Fsp3) is 0.435. The largest absolute Gasteiger partial charge is 0.384 e. The molecular weight excluding hydrogens is 478 g/mol. The number of pyridine rings is 1. The van der Waals surface area contributed by atoms with Crippen molar-refractivity contribution in [3.8, 4) is 0 Å². The fourth-order valence-electron chi connectivity index (χ4n) is 4.03. The molecule has 0 radical (unpaired) electrons. The van der Waals surface area contributed by atoms with Gasteiger partial charge in [-0.15, -0.1) is 11.3 Å². The van der Waals surface area contributed by atoms with Crippen molar-refractivity contribution in [1.29, 1.82) is 0 Å². The zero-order valence-corrected chi connectivity index (χ0v) is 20.9. The molecule has 4 rings (SSSR count). The van der Waals surface area contributed by atoms with Crippen molar-refractivity contribution in [1.82, 2.24) is 19.5 Å². The molecule has 33 heavy (non-hydrogen) atoms. The van der Waals surface area contributed by atoms with Crippen LogP contribution in [0.15, 0.2) is 52.2 Å². The predicted octanol–water partition coefficient (Wildman–Crippen LogP) is 3.74. The van der Waals surface area contributed by atoms with Crippen LogP contribution < -0.4 is 10.0 Å². The molecule has 178 valence electrons. The van der Waals surface area contributed by atoms with Gasteiger partial charge < -0.3 is 15.1 Å². The highest BCUT2D eigenvalue weighted by atomic mass is 35.5. The first-order valence-corrected chi connectivity index (χ1v) is 14.0. The number of fused-ring (bicyclic) bond motifs is 1. The first-order chi connectivity index (χ1) is 16.0. The van der Waals surface area contributed by atoms with E-state index in [4.69, 9.17) is 11.6 Å². The van der Waals surface area contributed by atoms with Gasteiger partial charge in [0, 0.05) is 61.6 Å². The van der Waals surface area contributed by atoms with Gasteiger partial charge in [-0.25, -0.2) is 13.1 Å². The maximum Gasteiger partial charge on any atom is 0.250 e. The highest BCUT2D eigenvalue weighted by Gasteiger charge is 2.17. The minimum absolute atomic E-state index is 0.382. The van der Waals surface area contributed by atoms with Gasteiger partial charge in [0.2, 0.25) is 10.0 Å². The second kappa shape index (κ2) is 11.6. The Kier molecular flexibility index (Phi) is 8.56. The number of rotatable bonds is 11. The van der Waals surface area contributed by atoms with Crippen LogP contribution in [0.2, 0.25) is 5.02 Å². The molecular formula is C23H30ClN5O2S2. The Hall–Kier alpha value is -1.75. The van der Waals surface area contributed by atoms with Gasteiger partial charge in [-0.2, -0.15) is 0 Å². The van der Waals surface area contributed by atoms with E-state index in [1.807, 2.05) is 30.5 Å². The number of anilines is 1. The molecule has 0 aliphatic carbocycles. The smallest absolute Gasteiger partial charge is 0.250 e. The van der Waals surface area contributed by atoms with Crippen LogP contribution in [0.4, 0.5) is 5.69 Å². The summed E-state index contributed by atoms with van der Waals surface area (Å²) in [7, 11) is -3.35. The fourth-order valence-corrected chi connectivity index (χ4v) is 6.31. The van der Waals surface area contributed by atoms with Crippen LogP contribution in [0.3, 0.4) is 0 Å². The van der Waals surface area contributed by atoms with E-state index in [1.165, 1.54) is 11.3 Å². The second-order valence-corrected chi connectivity index (χ2v) is 11.5. The van der Waals surface area contributed by atoms with Crippen LogP contribution in [0.5, 0.6) is 0 Å². The summed E-state index contributed by atoms with van der Waals surface area (Å²) in [6.45, 7) is 7.53. The third-order valence-electron chi connectivity index (χ3n) is 5.84. The second-order valence-electron chi connectivity index (χ2n) is 8.17. The average Bonchev–Trinajstić information content (AvgIpc) is 3.36. The van der Waals surface area contributed by atoms with E-state index in [0.717, 1.165) is 75.2 Å². The summed E-state index contributed by atoms with van der Waals surface area (Å²) in [5, 5.41) is 7.11.